The molecule has 3 amide bonds. The fraction of sp³-hybridized carbons (Fsp3) is 0.417. The van der Waals surface area contributed by atoms with Crippen molar-refractivity contribution >= 4 is 87.4 Å². The highest BCUT2D eigenvalue weighted by Crippen LogP contribution is 2.39. The van der Waals surface area contributed by atoms with Crippen molar-refractivity contribution in [2.45, 2.75) is 64.8 Å². The number of carbonyl (C=O) groups is 7. The second-order valence-corrected chi connectivity index (χ2v) is 15.0. The Morgan fingerprint density at radius 1 is 0.821 bits per heavy atom. The second-order valence-electron chi connectivity index (χ2n) is 12.6. The first kappa shape index (κ1) is 47.5. The number of benzene rings is 2. The number of hydrogen-bond acceptors (Lipinski definition) is 13. The third-order valence-corrected chi connectivity index (χ3v) is 9.97. The Labute approximate surface area is 335 Å². The number of carbonyl (C=O) groups excluding carboxylic acids is 7. The van der Waals surface area contributed by atoms with Crippen LogP contribution in [0.2, 0.25) is 0 Å². The summed E-state index contributed by atoms with van der Waals surface area (Å²) in [7, 11) is 3.19. The van der Waals surface area contributed by atoms with Crippen LogP contribution in [0.3, 0.4) is 0 Å². The molecule has 2 rings (SSSR count). The van der Waals surface area contributed by atoms with Crippen molar-refractivity contribution in [2.24, 2.45) is 0 Å². The van der Waals surface area contributed by atoms with E-state index in [-0.39, 0.29) is 46.4 Å². The number of alkyl halides is 3. The lowest BCUT2D eigenvalue weighted by atomic mass is 9.96. The maximum absolute atomic E-state index is 14.1. The Balaban J connectivity index is 2.54. The van der Waals surface area contributed by atoms with Gasteiger partial charge in [0.15, 0.2) is 5.78 Å². The van der Waals surface area contributed by atoms with Gasteiger partial charge in [-0.25, -0.2) is 4.79 Å². The van der Waals surface area contributed by atoms with E-state index >= 15 is 0 Å². The minimum atomic E-state index is -4.79. The molecule has 0 saturated heterocycles. The third kappa shape index (κ3) is 15.1. The van der Waals surface area contributed by atoms with Crippen LogP contribution in [0.5, 0.6) is 5.75 Å². The fourth-order valence-corrected chi connectivity index (χ4v) is 7.00. The molecule has 304 valence electrons. The van der Waals surface area contributed by atoms with E-state index in [2.05, 4.69) is 28.6 Å². The normalized spacial score (nSPS) is 12.7. The quantitative estimate of drug-likeness (QED) is 0.0414. The van der Waals surface area contributed by atoms with E-state index in [4.69, 9.17) is 15.6 Å². The van der Waals surface area contributed by atoms with Crippen LogP contribution in [0, 0.1) is 17.7 Å². The molecular formula is C36H43F3N6O8S3. The number of hydrogen-bond donors (Lipinski definition) is 6. The molecule has 14 nitrogen and oxygen atoms in total. The average molecular weight is 841 g/mol. The fourth-order valence-electron chi connectivity index (χ4n) is 4.83. The SMILES string of the molecule is CC(=O)NC(CSC(=O)c1cc(-c2ccc(C)cc2C(F)(F)F)ccc1OC(=O)C(CSC(=O)C(CS)NC(C)=O)NC(C)=O)C(=O)CC(=N)CC(=N)N(C)C. The summed E-state index contributed by atoms with van der Waals surface area (Å²) in [6.45, 7) is 4.91. The molecule has 20 heteroatoms. The highest BCUT2D eigenvalue weighted by Gasteiger charge is 2.35. The molecule has 0 spiro atoms. The minimum absolute atomic E-state index is 0.0606. The predicted octanol–water partition coefficient (Wildman–Crippen LogP) is 4.07. The second kappa shape index (κ2) is 21.6. The first-order valence-corrected chi connectivity index (χ1v) is 19.3. The van der Waals surface area contributed by atoms with Crippen molar-refractivity contribution in [3.8, 4) is 16.9 Å². The Morgan fingerprint density at radius 3 is 1.95 bits per heavy atom. The Bertz CT molecular complexity index is 1880. The van der Waals surface area contributed by atoms with Gasteiger partial charge in [0.05, 0.1) is 17.2 Å². The summed E-state index contributed by atoms with van der Waals surface area (Å²) in [6.07, 6.45) is -5.38. The maximum Gasteiger partial charge on any atom is 0.417 e. The molecule has 0 fully saturated rings. The molecule has 0 aliphatic carbocycles. The zero-order valence-electron chi connectivity index (χ0n) is 31.3. The van der Waals surface area contributed by atoms with Crippen LogP contribution in [-0.2, 0) is 34.9 Å². The molecule has 5 N–H and O–H groups in total. The number of nitrogens with one attached hydrogen (secondary N) is 5. The maximum atomic E-state index is 14.1. The number of thiol groups is 1. The molecule has 3 atom stereocenters. The molecule has 0 radical (unpaired) electrons. The zero-order chi connectivity index (χ0) is 42.5. The largest absolute Gasteiger partial charge is 0.424 e. The van der Waals surface area contributed by atoms with E-state index in [1.807, 2.05) is 0 Å². The third-order valence-electron chi connectivity index (χ3n) is 7.56. The van der Waals surface area contributed by atoms with E-state index in [1.165, 1.54) is 36.9 Å². The molecule has 2 aromatic carbocycles. The summed E-state index contributed by atoms with van der Waals surface area (Å²) in [4.78, 5) is 90.2. The molecule has 0 aliphatic heterocycles. The summed E-state index contributed by atoms with van der Waals surface area (Å²) in [5.41, 5.74) is -1.58. The number of halogens is 3. The molecule has 3 unspecified atom stereocenters. The van der Waals surface area contributed by atoms with Crippen molar-refractivity contribution < 1.29 is 51.5 Å². The van der Waals surface area contributed by atoms with Gasteiger partial charge in [0.1, 0.15) is 23.7 Å². The van der Waals surface area contributed by atoms with Gasteiger partial charge in [0.25, 0.3) is 0 Å². The number of amidine groups is 1. The molecule has 56 heavy (non-hydrogen) atoms. The molecule has 0 heterocycles. The van der Waals surface area contributed by atoms with Gasteiger partial charge in [-0.15, -0.1) is 0 Å². The van der Waals surface area contributed by atoms with Crippen LogP contribution in [-0.4, -0.2) is 106 Å². The first-order valence-electron chi connectivity index (χ1n) is 16.7. The molecule has 2 aromatic rings. The highest BCUT2D eigenvalue weighted by molar-refractivity contribution is 8.14. The van der Waals surface area contributed by atoms with E-state index in [0.717, 1.165) is 32.0 Å². The number of Topliss-reactive ketones (excluding diaryl/α,β-unsaturated/α-hetero) is 1. The number of rotatable bonds is 18. The van der Waals surface area contributed by atoms with Gasteiger partial charge in [-0.2, -0.15) is 25.8 Å². The highest BCUT2D eigenvalue weighted by atomic mass is 32.2. The van der Waals surface area contributed by atoms with E-state index in [9.17, 15) is 46.7 Å². The van der Waals surface area contributed by atoms with Crippen LogP contribution >= 0.6 is 36.2 Å². The van der Waals surface area contributed by atoms with E-state index < -0.39 is 87.3 Å². The summed E-state index contributed by atoms with van der Waals surface area (Å²) in [5, 5.41) is 21.8. The van der Waals surface area contributed by atoms with Crippen LogP contribution in [0.4, 0.5) is 13.2 Å². The molecule has 0 bridgehead atoms. The summed E-state index contributed by atoms with van der Waals surface area (Å²) < 4.78 is 48.0. The van der Waals surface area contributed by atoms with Gasteiger partial charge in [0.2, 0.25) is 28.0 Å². The molecular weight excluding hydrogens is 798 g/mol. The van der Waals surface area contributed by atoms with Gasteiger partial charge < -0.3 is 31.0 Å². The number of thioether (sulfide) groups is 2. The average Bonchev–Trinajstić information content (AvgIpc) is 3.09. The van der Waals surface area contributed by atoms with Crippen molar-refractivity contribution in [3.05, 3.63) is 53.1 Å². The number of nitrogens with zero attached hydrogens (tertiary/aromatic N) is 1. The summed E-state index contributed by atoms with van der Waals surface area (Å²) >= 11 is 5.13. The lowest BCUT2D eigenvalue weighted by molar-refractivity contribution is -0.138. The van der Waals surface area contributed by atoms with Crippen molar-refractivity contribution in [3.63, 3.8) is 0 Å². The van der Waals surface area contributed by atoms with Gasteiger partial charge in [-0.3, -0.25) is 34.2 Å². The molecule has 0 aliphatic rings. The molecule has 0 saturated carbocycles. The van der Waals surface area contributed by atoms with Crippen molar-refractivity contribution in [2.75, 3.05) is 31.4 Å². The standard InChI is InChI=1S/C36H43F3N6O8S3/c1-18-7-9-24(26(11-18)36(37,38)39)22-8-10-31(53-33(50)29(44-21(4)48)17-56-35(52)27(15-54)42-19(2)46)25(12-22)34(51)55-16-28(43-20(3)47)30(49)13-23(40)14-32(41)45(5)6/h7-12,27-29,40-41,54H,13-17H2,1-6H3,(H,42,46)(H,43,47)(H,44,48). The zero-order valence-corrected chi connectivity index (χ0v) is 33.9. The topological polar surface area (TPSA) is 216 Å². The number of amides is 3. The van der Waals surface area contributed by atoms with E-state index in [0.29, 0.717) is 29.1 Å². The first-order chi connectivity index (χ1) is 26.0. The number of ketones is 1. The number of esters is 1. The van der Waals surface area contributed by atoms with Gasteiger partial charge >= 0.3 is 12.1 Å². The summed E-state index contributed by atoms with van der Waals surface area (Å²) in [5.74, 6) is -4.80. The Morgan fingerprint density at radius 2 is 1.39 bits per heavy atom. The Kier molecular flexibility index (Phi) is 18.3. The van der Waals surface area contributed by atoms with Crippen LogP contribution in [0.1, 0.15) is 55.1 Å². The molecule has 0 aromatic heterocycles. The number of ether oxygens (including phenoxy) is 1. The van der Waals surface area contributed by atoms with Crippen molar-refractivity contribution in [1.82, 2.24) is 20.9 Å². The smallest absolute Gasteiger partial charge is 0.417 e. The Hall–Kier alpha value is -4.69. The summed E-state index contributed by atoms with van der Waals surface area (Å²) in [6, 6.07) is 3.17. The van der Waals surface area contributed by atoms with Gasteiger partial charge in [0, 0.05) is 70.7 Å². The van der Waals surface area contributed by atoms with Crippen LogP contribution in [0.25, 0.3) is 11.1 Å². The van der Waals surface area contributed by atoms with Crippen LogP contribution < -0.4 is 20.7 Å². The lowest BCUT2D eigenvalue weighted by Crippen LogP contribution is -2.45. The van der Waals surface area contributed by atoms with E-state index in [1.54, 1.807) is 14.1 Å². The van der Waals surface area contributed by atoms with Gasteiger partial charge in [-0.1, -0.05) is 47.3 Å². The lowest BCUT2D eigenvalue weighted by Gasteiger charge is -2.20. The number of aryl methyl sites for hydroxylation is 1. The van der Waals surface area contributed by atoms with Gasteiger partial charge in [-0.05, 0) is 36.2 Å². The van der Waals surface area contributed by atoms with Crippen molar-refractivity contribution in [1.29, 1.82) is 10.8 Å². The monoisotopic (exact) mass is 840 g/mol. The minimum Gasteiger partial charge on any atom is -0.424 e. The predicted molar refractivity (Wildman–Crippen MR) is 212 cm³/mol. The van der Waals surface area contributed by atoms with Crippen LogP contribution in [0.15, 0.2) is 36.4 Å².